The Morgan fingerprint density at radius 1 is 1.33 bits per heavy atom. The molecule has 0 spiro atoms. The number of nitrogens with one attached hydrogen (secondary N) is 2. The molecule has 7 nitrogen and oxygen atoms in total. The number of hydrogen-bond donors (Lipinski definition) is 2. The molecule has 1 saturated heterocycles. The quantitative estimate of drug-likeness (QED) is 0.663. The van der Waals surface area contributed by atoms with Gasteiger partial charge in [0.1, 0.15) is 17.7 Å². The van der Waals surface area contributed by atoms with E-state index < -0.39 is 29.4 Å². The lowest BCUT2D eigenvalue weighted by molar-refractivity contribution is -0.123. The number of halogens is 2. The maximum Gasteiger partial charge on any atom is 0.408 e. The Labute approximate surface area is 195 Å². The second kappa shape index (κ2) is 10.2. The van der Waals surface area contributed by atoms with Crippen LogP contribution in [0.5, 0.6) is 0 Å². The standard InChI is InChI=1S/C23H26F2N4O3S/c1-23(2,3)32-22(31)28-19(10-16-5-4-8-33-16)21(30)27-15-6-7-29(13-15)20-11-18(25)17(24)9-14(20)12-26/h4-5,8-9,11,15,19H,6-7,10,13H2,1-3H3,(H,27,30)(H,28,31). The van der Waals surface area contributed by atoms with Gasteiger partial charge in [0, 0.05) is 36.5 Å². The molecule has 2 aromatic rings. The zero-order valence-electron chi connectivity index (χ0n) is 18.7. The van der Waals surface area contributed by atoms with Gasteiger partial charge in [-0.15, -0.1) is 11.3 Å². The number of hydrogen-bond acceptors (Lipinski definition) is 6. The van der Waals surface area contributed by atoms with Crippen LogP contribution in [0.2, 0.25) is 0 Å². The molecule has 2 unspecified atom stereocenters. The molecule has 1 aromatic heterocycles. The summed E-state index contributed by atoms with van der Waals surface area (Å²) in [5.41, 5.74) is -0.388. The van der Waals surface area contributed by atoms with Crippen LogP contribution in [0, 0.1) is 23.0 Å². The lowest BCUT2D eigenvalue weighted by Gasteiger charge is -2.24. The van der Waals surface area contributed by atoms with Crippen molar-refractivity contribution in [2.24, 2.45) is 0 Å². The van der Waals surface area contributed by atoms with E-state index in [2.05, 4.69) is 10.6 Å². The van der Waals surface area contributed by atoms with E-state index in [1.807, 2.05) is 23.6 Å². The molecule has 0 bridgehead atoms. The third-order valence-electron chi connectivity index (χ3n) is 5.03. The maximum atomic E-state index is 13.7. The highest BCUT2D eigenvalue weighted by molar-refractivity contribution is 7.09. The van der Waals surface area contributed by atoms with Gasteiger partial charge in [-0.3, -0.25) is 4.79 Å². The molecule has 10 heteroatoms. The van der Waals surface area contributed by atoms with Gasteiger partial charge in [0.05, 0.1) is 11.3 Å². The summed E-state index contributed by atoms with van der Waals surface area (Å²) in [4.78, 5) is 28.0. The van der Waals surface area contributed by atoms with E-state index in [1.165, 1.54) is 11.3 Å². The molecule has 1 aliphatic heterocycles. The summed E-state index contributed by atoms with van der Waals surface area (Å²) in [7, 11) is 0. The van der Waals surface area contributed by atoms with Gasteiger partial charge in [0.2, 0.25) is 5.91 Å². The van der Waals surface area contributed by atoms with Gasteiger partial charge in [-0.05, 0) is 44.7 Å². The van der Waals surface area contributed by atoms with Crippen LogP contribution in [-0.2, 0) is 16.0 Å². The molecule has 2 N–H and O–H groups in total. The summed E-state index contributed by atoms with van der Waals surface area (Å²) in [5.74, 6) is -2.48. The summed E-state index contributed by atoms with van der Waals surface area (Å²) in [5, 5.41) is 16.7. The van der Waals surface area contributed by atoms with Crippen molar-refractivity contribution < 1.29 is 23.1 Å². The normalized spacial score (nSPS) is 16.7. The zero-order valence-corrected chi connectivity index (χ0v) is 19.5. The molecular weight excluding hydrogens is 450 g/mol. The summed E-state index contributed by atoms with van der Waals surface area (Å²) in [6.45, 7) is 5.99. The smallest absolute Gasteiger partial charge is 0.408 e. The fraction of sp³-hybridized carbons (Fsp3) is 0.435. The van der Waals surface area contributed by atoms with Gasteiger partial charge in [-0.2, -0.15) is 5.26 Å². The number of amides is 2. The molecule has 0 saturated carbocycles. The van der Waals surface area contributed by atoms with Crippen molar-refractivity contribution in [2.45, 2.75) is 51.3 Å². The van der Waals surface area contributed by atoms with Crippen LogP contribution in [-0.4, -0.2) is 42.8 Å². The summed E-state index contributed by atoms with van der Waals surface area (Å²) >= 11 is 1.48. The molecule has 2 heterocycles. The van der Waals surface area contributed by atoms with E-state index in [0.717, 1.165) is 17.0 Å². The van der Waals surface area contributed by atoms with Gasteiger partial charge in [0.15, 0.2) is 11.6 Å². The number of anilines is 1. The second-order valence-electron chi connectivity index (χ2n) is 8.82. The Morgan fingerprint density at radius 3 is 2.70 bits per heavy atom. The predicted octanol–water partition coefficient (Wildman–Crippen LogP) is 3.73. The van der Waals surface area contributed by atoms with Gasteiger partial charge in [-0.1, -0.05) is 6.07 Å². The third kappa shape index (κ3) is 6.65. The van der Waals surface area contributed by atoms with Crippen molar-refractivity contribution in [2.75, 3.05) is 18.0 Å². The Bertz CT molecular complexity index is 1050. The highest BCUT2D eigenvalue weighted by atomic mass is 32.1. The van der Waals surface area contributed by atoms with Crippen LogP contribution in [0.3, 0.4) is 0 Å². The van der Waals surface area contributed by atoms with E-state index in [0.29, 0.717) is 25.9 Å². The zero-order chi connectivity index (χ0) is 24.2. The molecule has 2 amide bonds. The number of nitrogens with zero attached hydrogens (tertiary/aromatic N) is 2. The SMILES string of the molecule is CC(C)(C)OC(=O)NC(Cc1cccs1)C(=O)NC1CCN(c2cc(F)c(F)cc2C#N)C1. The second-order valence-corrected chi connectivity index (χ2v) is 9.85. The Kier molecular flexibility index (Phi) is 7.53. The largest absolute Gasteiger partial charge is 0.444 e. The Morgan fingerprint density at radius 2 is 2.06 bits per heavy atom. The van der Waals surface area contributed by atoms with Crippen LogP contribution >= 0.6 is 11.3 Å². The fourth-order valence-corrected chi connectivity index (χ4v) is 4.33. The third-order valence-corrected chi connectivity index (χ3v) is 5.93. The monoisotopic (exact) mass is 476 g/mol. The number of nitriles is 1. The van der Waals surface area contributed by atoms with E-state index >= 15 is 0 Å². The molecule has 3 rings (SSSR count). The van der Waals surface area contributed by atoms with Crippen molar-refractivity contribution in [3.8, 4) is 6.07 Å². The molecule has 176 valence electrons. The number of ether oxygens (including phenoxy) is 1. The first-order valence-electron chi connectivity index (χ1n) is 10.5. The van der Waals surface area contributed by atoms with Crippen molar-refractivity contribution in [1.82, 2.24) is 10.6 Å². The summed E-state index contributed by atoms with van der Waals surface area (Å²) in [6, 6.07) is 6.38. The fourth-order valence-electron chi connectivity index (χ4n) is 3.58. The molecule has 33 heavy (non-hydrogen) atoms. The first-order valence-corrected chi connectivity index (χ1v) is 11.4. The lowest BCUT2D eigenvalue weighted by Crippen LogP contribution is -2.52. The summed E-state index contributed by atoms with van der Waals surface area (Å²) in [6.07, 6.45) is 0.169. The molecule has 1 aromatic carbocycles. The lowest BCUT2D eigenvalue weighted by atomic mass is 10.1. The highest BCUT2D eigenvalue weighted by Gasteiger charge is 2.30. The molecule has 0 aliphatic carbocycles. The van der Waals surface area contributed by atoms with Crippen molar-refractivity contribution in [3.63, 3.8) is 0 Å². The topological polar surface area (TPSA) is 94.5 Å². The van der Waals surface area contributed by atoms with Crippen LogP contribution in [0.4, 0.5) is 19.3 Å². The first kappa shape index (κ1) is 24.5. The first-order chi connectivity index (χ1) is 15.6. The minimum atomic E-state index is -1.08. The van der Waals surface area contributed by atoms with Crippen LogP contribution in [0.15, 0.2) is 29.6 Å². The van der Waals surface area contributed by atoms with Crippen molar-refractivity contribution in [1.29, 1.82) is 5.26 Å². The number of alkyl carbamates (subject to hydrolysis) is 1. The molecule has 2 atom stereocenters. The van der Waals surface area contributed by atoms with Gasteiger partial charge < -0.3 is 20.3 Å². The van der Waals surface area contributed by atoms with E-state index in [1.54, 1.807) is 25.7 Å². The van der Waals surface area contributed by atoms with Crippen LogP contribution in [0.25, 0.3) is 0 Å². The number of benzene rings is 1. The van der Waals surface area contributed by atoms with E-state index in [9.17, 15) is 23.6 Å². The summed E-state index contributed by atoms with van der Waals surface area (Å²) < 4.78 is 32.5. The number of thiophene rings is 1. The van der Waals surface area contributed by atoms with Gasteiger partial charge in [0.25, 0.3) is 0 Å². The Hall–Kier alpha value is -3.19. The minimum absolute atomic E-state index is 0.0306. The van der Waals surface area contributed by atoms with Gasteiger partial charge >= 0.3 is 6.09 Å². The van der Waals surface area contributed by atoms with Crippen LogP contribution < -0.4 is 15.5 Å². The average Bonchev–Trinajstić information content (AvgIpc) is 3.40. The Balaban J connectivity index is 1.68. The van der Waals surface area contributed by atoms with Gasteiger partial charge in [-0.25, -0.2) is 13.6 Å². The maximum absolute atomic E-state index is 13.7. The number of carbonyl (C=O) groups excluding carboxylic acids is 2. The molecular formula is C23H26F2N4O3S. The highest BCUT2D eigenvalue weighted by Crippen LogP contribution is 2.27. The minimum Gasteiger partial charge on any atom is -0.444 e. The molecule has 1 aliphatic rings. The molecule has 1 fully saturated rings. The number of rotatable bonds is 6. The van der Waals surface area contributed by atoms with Crippen LogP contribution in [0.1, 0.15) is 37.6 Å². The van der Waals surface area contributed by atoms with E-state index in [4.69, 9.17) is 4.74 Å². The predicted molar refractivity (Wildman–Crippen MR) is 121 cm³/mol. The van der Waals surface area contributed by atoms with Crippen molar-refractivity contribution in [3.05, 3.63) is 51.7 Å². The van der Waals surface area contributed by atoms with Crippen molar-refractivity contribution >= 4 is 29.0 Å². The van der Waals surface area contributed by atoms with E-state index in [-0.39, 0.29) is 23.2 Å². The average molecular weight is 477 g/mol. The molecule has 0 radical (unpaired) electrons. The number of carbonyl (C=O) groups is 2.